The Bertz CT molecular complexity index is 1000. The second-order valence-electron chi connectivity index (χ2n) is 6.28. The molecule has 0 atom stereocenters. The fraction of sp³-hybridized carbons (Fsp3) is 0.174. The van der Waals surface area contributed by atoms with Crippen molar-refractivity contribution in [3.8, 4) is 22.4 Å². The van der Waals surface area contributed by atoms with Crippen LogP contribution in [-0.2, 0) is 17.8 Å². The lowest BCUT2D eigenvalue weighted by molar-refractivity contribution is -0.107. The lowest BCUT2D eigenvalue weighted by Crippen LogP contribution is -1.99. The SMILES string of the molecule is C=N/C=C\c1c(-c2ccc(NC)c(CC=O)c2)c(-c2ccccc2)nn1CC. The van der Waals surface area contributed by atoms with E-state index >= 15 is 0 Å². The number of anilines is 1. The van der Waals surface area contributed by atoms with Crippen LogP contribution in [0, 0.1) is 0 Å². The highest BCUT2D eigenvalue weighted by molar-refractivity contribution is 5.88. The minimum absolute atomic E-state index is 0.353. The van der Waals surface area contributed by atoms with Crippen molar-refractivity contribution in [3.05, 3.63) is 66.0 Å². The van der Waals surface area contributed by atoms with Gasteiger partial charge in [0.25, 0.3) is 0 Å². The highest BCUT2D eigenvalue weighted by Gasteiger charge is 2.19. The van der Waals surface area contributed by atoms with Gasteiger partial charge >= 0.3 is 0 Å². The standard InChI is InChI=1S/C23H24N4O/c1-4-27-21(12-14-24-2)22(23(26-27)17-8-6-5-7-9-17)19-10-11-20(25-3)18(16-19)13-15-28/h5-12,14-16,25H,2,4,13H2,1,3H3/b14-12-. The summed E-state index contributed by atoms with van der Waals surface area (Å²) in [5.41, 5.74) is 6.84. The summed E-state index contributed by atoms with van der Waals surface area (Å²) in [6.45, 7) is 6.34. The first-order valence-electron chi connectivity index (χ1n) is 9.26. The second-order valence-corrected chi connectivity index (χ2v) is 6.28. The molecule has 0 aliphatic rings. The monoisotopic (exact) mass is 372 g/mol. The number of nitrogens with one attached hydrogen (secondary N) is 1. The number of hydrogen-bond acceptors (Lipinski definition) is 4. The molecule has 0 saturated heterocycles. The van der Waals surface area contributed by atoms with Gasteiger partial charge in [-0.15, -0.1) is 0 Å². The number of benzene rings is 2. The van der Waals surface area contributed by atoms with Crippen molar-refractivity contribution in [2.45, 2.75) is 19.9 Å². The van der Waals surface area contributed by atoms with Crippen LogP contribution in [0.25, 0.3) is 28.5 Å². The molecule has 0 fully saturated rings. The zero-order valence-electron chi connectivity index (χ0n) is 16.2. The summed E-state index contributed by atoms with van der Waals surface area (Å²) in [5.74, 6) is 0. The lowest BCUT2D eigenvalue weighted by atomic mass is 9.96. The van der Waals surface area contributed by atoms with Gasteiger partial charge < -0.3 is 10.1 Å². The molecule has 0 aliphatic carbocycles. The second kappa shape index (κ2) is 8.95. The minimum Gasteiger partial charge on any atom is -0.388 e. The van der Waals surface area contributed by atoms with E-state index in [1.165, 1.54) is 0 Å². The average molecular weight is 372 g/mol. The van der Waals surface area contributed by atoms with Gasteiger partial charge in [-0.1, -0.05) is 36.4 Å². The summed E-state index contributed by atoms with van der Waals surface area (Å²) in [5, 5.41) is 8.02. The summed E-state index contributed by atoms with van der Waals surface area (Å²) in [6, 6.07) is 16.2. The molecule has 0 bridgehead atoms. The third-order valence-corrected chi connectivity index (χ3v) is 4.64. The van der Waals surface area contributed by atoms with Crippen LogP contribution in [0.1, 0.15) is 18.2 Å². The molecule has 1 heterocycles. The Morgan fingerprint density at radius 1 is 1.18 bits per heavy atom. The van der Waals surface area contributed by atoms with Gasteiger partial charge in [-0.05, 0) is 43.0 Å². The van der Waals surface area contributed by atoms with Gasteiger partial charge in [-0.3, -0.25) is 9.67 Å². The molecule has 142 valence electrons. The molecule has 28 heavy (non-hydrogen) atoms. The summed E-state index contributed by atoms with van der Waals surface area (Å²) < 4.78 is 1.96. The van der Waals surface area contributed by atoms with E-state index in [0.717, 1.165) is 52.2 Å². The Hall–Kier alpha value is -3.47. The van der Waals surface area contributed by atoms with Crippen LogP contribution in [0.4, 0.5) is 5.69 Å². The molecule has 5 nitrogen and oxygen atoms in total. The van der Waals surface area contributed by atoms with Crippen LogP contribution in [0.3, 0.4) is 0 Å². The van der Waals surface area contributed by atoms with Crippen LogP contribution in [0.5, 0.6) is 0 Å². The molecule has 1 aromatic heterocycles. The first kappa shape index (κ1) is 19.3. The zero-order valence-corrected chi connectivity index (χ0v) is 16.2. The van der Waals surface area contributed by atoms with Gasteiger partial charge in [0, 0.05) is 43.0 Å². The normalized spacial score (nSPS) is 10.9. The van der Waals surface area contributed by atoms with E-state index in [-0.39, 0.29) is 0 Å². The van der Waals surface area contributed by atoms with E-state index in [1.807, 2.05) is 42.1 Å². The first-order valence-corrected chi connectivity index (χ1v) is 9.26. The van der Waals surface area contributed by atoms with Crippen LogP contribution < -0.4 is 5.32 Å². The summed E-state index contributed by atoms with van der Waals surface area (Å²) in [7, 11) is 1.86. The highest BCUT2D eigenvalue weighted by atomic mass is 16.1. The van der Waals surface area contributed by atoms with E-state index in [1.54, 1.807) is 6.20 Å². The molecular formula is C23H24N4O. The zero-order chi connectivity index (χ0) is 19.9. The highest BCUT2D eigenvalue weighted by Crippen LogP contribution is 2.37. The number of aromatic nitrogens is 2. The molecule has 0 aliphatic heterocycles. The Morgan fingerprint density at radius 2 is 1.96 bits per heavy atom. The number of aldehydes is 1. The van der Waals surface area contributed by atoms with Crippen molar-refractivity contribution in [2.24, 2.45) is 4.99 Å². The molecule has 2 aromatic carbocycles. The molecule has 0 amide bonds. The summed E-state index contributed by atoms with van der Waals surface area (Å²) in [6.07, 6.45) is 4.88. The maximum atomic E-state index is 11.2. The largest absolute Gasteiger partial charge is 0.388 e. The van der Waals surface area contributed by atoms with Gasteiger partial charge in [0.2, 0.25) is 0 Å². The third kappa shape index (κ3) is 3.78. The molecular weight excluding hydrogens is 348 g/mol. The maximum absolute atomic E-state index is 11.2. The van der Waals surface area contributed by atoms with Gasteiger partial charge in [0.15, 0.2) is 0 Å². The van der Waals surface area contributed by atoms with Crippen molar-refractivity contribution in [1.82, 2.24) is 9.78 Å². The molecule has 1 N–H and O–H groups in total. The number of nitrogens with zero attached hydrogens (tertiary/aromatic N) is 3. The summed E-state index contributed by atoms with van der Waals surface area (Å²) >= 11 is 0. The Morgan fingerprint density at radius 3 is 2.61 bits per heavy atom. The fourth-order valence-corrected chi connectivity index (χ4v) is 3.34. The van der Waals surface area contributed by atoms with Gasteiger partial charge in [-0.25, -0.2) is 0 Å². The number of hydrogen-bond donors (Lipinski definition) is 1. The fourth-order valence-electron chi connectivity index (χ4n) is 3.34. The van der Waals surface area contributed by atoms with Crippen LogP contribution in [-0.4, -0.2) is 29.8 Å². The van der Waals surface area contributed by atoms with Gasteiger partial charge in [0.05, 0.1) is 5.69 Å². The summed E-state index contributed by atoms with van der Waals surface area (Å²) in [4.78, 5) is 15.0. The van der Waals surface area contributed by atoms with E-state index in [2.05, 4.69) is 48.2 Å². The van der Waals surface area contributed by atoms with Crippen molar-refractivity contribution < 1.29 is 4.79 Å². The molecule has 0 spiro atoms. The Kier molecular flexibility index (Phi) is 6.17. The predicted molar refractivity (Wildman–Crippen MR) is 117 cm³/mol. The number of carbonyl (C=O) groups is 1. The molecule has 3 rings (SSSR count). The Labute approximate surface area is 165 Å². The van der Waals surface area contributed by atoms with E-state index in [4.69, 9.17) is 5.10 Å². The molecule has 0 saturated carbocycles. The number of aryl methyl sites for hydroxylation is 1. The third-order valence-electron chi connectivity index (χ3n) is 4.64. The lowest BCUT2D eigenvalue weighted by Gasteiger charge is -2.11. The quantitative estimate of drug-likeness (QED) is 0.461. The van der Waals surface area contributed by atoms with E-state index < -0.39 is 0 Å². The maximum Gasteiger partial charge on any atom is 0.124 e. The molecule has 0 radical (unpaired) electrons. The van der Waals surface area contributed by atoms with E-state index in [9.17, 15) is 4.79 Å². The topological polar surface area (TPSA) is 59.3 Å². The number of rotatable bonds is 8. The van der Waals surface area contributed by atoms with Crippen LogP contribution in [0.2, 0.25) is 0 Å². The molecule has 5 heteroatoms. The van der Waals surface area contributed by atoms with Crippen molar-refractivity contribution >= 4 is 24.8 Å². The molecule has 0 unspecified atom stereocenters. The average Bonchev–Trinajstić information content (AvgIpc) is 3.11. The van der Waals surface area contributed by atoms with E-state index in [0.29, 0.717) is 6.42 Å². The Balaban J connectivity index is 2.30. The first-order chi connectivity index (χ1) is 13.7. The number of carbonyl (C=O) groups excluding carboxylic acids is 1. The number of aliphatic imine (C=N–C) groups is 1. The smallest absolute Gasteiger partial charge is 0.124 e. The van der Waals surface area contributed by atoms with Gasteiger partial charge in [-0.2, -0.15) is 5.10 Å². The predicted octanol–water partition coefficient (Wildman–Crippen LogP) is 4.69. The van der Waals surface area contributed by atoms with Crippen molar-refractivity contribution in [2.75, 3.05) is 12.4 Å². The van der Waals surface area contributed by atoms with Crippen molar-refractivity contribution in [3.63, 3.8) is 0 Å². The van der Waals surface area contributed by atoms with Gasteiger partial charge in [0.1, 0.15) is 12.0 Å². The van der Waals surface area contributed by atoms with Crippen LogP contribution >= 0.6 is 0 Å². The minimum atomic E-state index is 0.353. The van der Waals surface area contributed by atoms with Crippen LogP contribution in [0.15, 0.2) is 59.7 Å². The van der Waals surface area contributed by atoms with Crippen molar-refractivity contribution in [1.29, 1.82) is 0 Å². The molecule has 3 aromatic rings.